The van der Waals surface area contributed by atoms with Crippen molar-refractivity contribution in [2.75, 3.05) is 0 Å². The monoisotopic (exact) mass is 690 g/mol. The van der Waals surface area contributed by atoms with Gasteiger partial charge in [0.25, 0.3) is 0 Å². The molecule has 4 nitrogen and oxygen atoms in total. The van der Waals surface area contributed by atoms with Gasteiger partial charge in [-0.15, -0.1) is 0 Å². The van der Waals surface area contributed by atoms with Crippen molar-refractivity contribution in [2.24, 2.45) is 0 Å². The molecule has 2 aromatic rings. The molecule has 0 aromatic heterocycles. The van der Waals surface area contributed by atoms with Gasteiger partial charge in [0.2, 0.25) is 0 Å². The van der Waals surface area contributed by atoms with E-state index in [9.17, 15) is 0 Å². The second-order valence-electron chi connectivity index (χ2n) is 16.8. The van der Waals surface area contributed by atoms with Crippen molar-refractivity contribution >= 4 is 50.4 Å². The van der Waals surface area contributed by atoms with Crippen LogP contribution in [0.2, 0.25) is 104 Å². The summed E-state index contributed by atoms with van der Waals surface area (Å²) in [4.78, 5) is 0. The smallest absolute Gasteiger partial charge is 0.311 e. The third-order valence-corrected chi connectivity index (χ3v) is 28.4. The van der Waals surface area contributed by atoms with E-state index >= 15 is 0 Å². The molecular formula is C33H62O4Si6. The predicted octanol–water partition coefficient (Wildman–Crippen LogP) is 11.1. The molecule has 0 amide bonds. The van der Waals surface area contributed by atoms with Gasteiger partial charge in [0.05, 0.1) is 0 Å². The van der Waals surface area contributed by atoms with Crippen LogP contribution in [-0.4, -0.2) is 50.4 Å². The zero-order valence-corrected chi connectivity index (χ0v) is 36.0. The first-order valence-electron chi connectivity index (χ1n) is 16.5. The Kier molecular flexibility index (Phi) is 11.5. The molecule has 242 valence electrons. The number of fused-ring (bicyclic) bond motifs is 3. The number of hydrogen-bond donors (Lipinski definition) is 0. The highest BCUT2D eigenvalue weighted by Gasteiger charge is 2.44. The topological polar surface area (TPSA) is 36.9 Å². The second-order valence-corrected chi connectivity index (χ2v) is 42.2. The summed E-state index contributed by atoms with van der Waals surface area (Å²) in [5, 5.41) is 0. The van der Waals surface area contributed by atoms with Gasteiger partial charge in [-0.05, 0) is 139 Å². The Bertz CT molecular complexity index is 1130. The molecule has 0 atom stereocenters. The molecule has 0 fully saturated rings. The van der Waals surface area contributed by atoms with Crippen LogP contribution in [-0.2, 0) is 21.9 Å². The molecule has 1 aliphatic rings. The highest BCUT2D eigenvalue weighted by atomic mass is 28.5. The standard InChI is InChI=1S/C33H62O4Si6/c1-38(2,3)34-42(11,12)36-40(7,8)27-19-25-33(26-20-28-41(9,10)37-43(13,14)35-39(4,5)6)31-23-17-15-21-29(31)30-22-16-18-24-32(30)33/h15-18,21-24H,19-20,25-28H2,1-14H3. The average molecular weight is 691 g/mol. The SMILES string of the molecule is C[Si](C)(C)O[Si](C)(C)O[Si](C)(C)CCCC1(CCC[Si](C)(C)O[Si](C)(C)O[Si](C)(C)C)c2ccccc2-c2ccccc21. The van der Waals surface area contributed by atoms with E-state index in [-0.39, 0.29) is 5.41 Å². The Labute approximate surface area is 271 Å². The maximum atomic E-state index is 6.92. The Morgan fingerprint density at radius 2 is 0.791 bits per heavy atom. The molecule has 1 aliphatic carbocycles. The predicted molar refractivity (Wildman–Crippen MR) is 202 cm³/mol. The van der Waals surface area contributed by atoms with Crippen LogP contribution in [0.15, 0.2) is 48.5 Å². The van der Waals surface area contributed by atoms with Gasteiger partial charge in [-0.3, -0.25) is 0 Å². The summed E-state index contributed by atoms with van der Waals surface area (Å²) in [5.41, 5.74) is 5.92. The van der Waals surface area contributed by atoms with E-state index < -0.39 is 50.4 Å². The first kappa shape index (κ1) is 37.0. The Morgan fingerprint density at radius 3 is 1.12 bits per heavy atom. The van der Waals surface area contributed by atoms with Crippen LogP contribution in [0, 0.1) is 0 Å². The van der Waals surface area contributed by atoms with Crippen molar-refractivity contribution in [2.45, 2.75) is 135 Å². The van der Waals surface area contributed by atoms with Crippen molar-refractivity contribution in [1.82, 2.24) is 0 Å². The molecule has 3 rings (SSSR count). The molecule has 0 aliphatic heterocycles. The minimum absolute atomic E-state index is 0.0334. The lowest BCUT2D eigenvalue weighted by molar-refractivity contribution is 0.382. The second kappa shape index (κ2) is 13.4. The molecule has 0 saturated heterocycles. The van der Waals surface area contributed by atoms with E-state index in [1.54, 1.807) is 0 Å². The lowest BCUT2D eigenvalue weighted by atomic mass is 9.71. The molecule has 0 radical (unpaired) electrons. The highest BCUT2D eigenvalue weighted by molar-refractivity contribution is 6.88. The zero-order valence-electron chi connectivity index (χ0n) is 30.0. The van der Waals surface area contributed by atoms with Crippen molar-refractivity contribution in [1.29, 1.82) is 0 Å². The fourth-order valence-corrected chi connectivity index (χ4v) is 34.1. The van der Waals surface area contributed by atoms with E-state index in [1.807, 2.05) is 0 Å². The van der Waals surface area contributed by atoms with Crippen LogP contribution in [0.1, 0.15) is 36.8 Å². The minimum Gasteiger partial charge on any atom is -0.437 e. The number of benzene rings is 2. The highest BCUT2D eigenvalue weighted by Crippen LogP contribution is 2.54. The summed E-state index contributed by atoms with van der Waals surface area (Å²) in [5.74, 6) is 0. The average Bonchev–Trinajstić information content (AvgIpc) is 3.04. The molecule has 10 heteroatoms. The summed E-state index contributed by atoms with van der Waals surface area (Å²) >= 11 is 0. The normalized spacial score (nSPS) is 15.9. The molecule has 0 spiro atoms. The number of rotatable bonds is 16. The molecule has 43 heavy (non-hydrogen) atoms. The third kappa shape index (κ3) is 10.8. The maximum Gasteiger partial charge on any atom is 0.311 e. The summed E-state index contributed by atoms with van der Waals surface area (Å²) in [6.45, 7) is 32.2. The quantitative estimate of drug-likeness (QED) is 0.164. The van der Waals surface area contributed by atoms with Crippen molar-refractivity contribution in [3.05, 3.63) is 59.7 Å². The summed E-state index contributed by atoms with van der Waals surface area (Å²) < 4.78 is 27.0. The van der Waals surface area contributed by atoms with E-state index in [0.29, 0.717) is 0 Å². The lowest BCUT2D eigenvalue weighted by Gasteiger charge is -2.39. The maximum absolute atomic E-state index is 6.92. The molecule has 0 unspecified atom stereocenters. The van der Waals surface area contributed by atoms with Gasteiger partial charge >= 0.3 is 17.1 Å². The van der Waals surface area contributed by atoms with E-state index in [4.69, 9.17) is 16.5 Å². The fraction of sp³-hybridized carbons (Fsp3) is 0.636. The van der Waals surface area contributed by atoms with Gasteiger partial charge < -0.3 is 16.5 Å². The van der Waals surface area contributed by atoms with Gasteiger partial charge in [0, 0.05) is 5.41 Å². The molecule has 0 N–H and O–H groups in total. The fourth-order valence-electron chi connectivity index (χ4n) is 7.66. The van der Waals surface area contributed by atoms with Crippen LogP contribution < -0.4 is 0 Å². The van der Waals surface area contributed by atoms with Crippen LogP contribution in [0.4, 0.5) is 0 Å². The first-order valence-corrected chi connectivity index (χ1v) is 35.1. The number of hydrogen-bond acceptors (Lipinski definition) is 4. The molecule has 2 aromatic carbocycles. The summed E-state index contributed by atoms with van der Waals surface area (Å²) in [6.07, 6.45) is 4.64. The summed E-state index contributed by atoms with van der Waals surface area (Å²) in [7, 11) is -11.4. The van der Waals surface area contributed by atoms with E-state index in [0.717, 1.165) is 24.9 Å². The van der Waals surface area contributed by atoms with Gasteiger partial charge in [-0.25, -0.2) is 0 Å². The van der Waals surface area contributed by atoms with Crippen molar-refractivity contribution in [3.8, 4) is 11.1 Å². The molecule has 0 saturated carbocycles. The molecule has 0 bridgehead atoms. The zero-order chi connectivity index (χ0) is 32.5. The van der Waals surface area contributed by atoms with E-state index in [2.05, 4.69) is 140 Å². The van der Waals surface area contributed by atoms with Gasteiger partial charge in [0.1, 0.15) is 0 Å². The first-order chi connectivity index (χ1) is 19.5. The third-order valence-electron chi connectivity index (χ3n) is 8.09. The Hall–Kier alpha value is -0.419. The van der Waals surface area contributed by atoms with Crippen LogP contribution >= 0.6 is 0 Å². The van der Waals surface area contributed by atoms with Crippen molar-refractivity contribution < 1.29 is 16.5 Å². The van der Waals surface area contributed by atoms with E-state index in [1.165, 1.54) is 35.1 Å². The lowest BCUT2D eigenvalue weighted by Crippen LogP contribution is -2.51. The Balaban J connectivity index is 1.82. The van der Waals surface area contributed by atoms with Gasteiger partial charge in [-0.2, -0.15) is 0 Å². The van der Waals surface area contributed by atoms with Crippen molar-refractivity contribution in [3.63, 3.8) is 0 Å². The minimum atomic E-state index is -2.16. The van der Waals surface area contributed by atoms with Crippen LogP contribution in [0.25, 0.3) is 11.1 Å². The van der Waals surface area contributed by atoms with Gasteiger partial charge in [0.15, 0.2) is 33.3 Å². The van der Waals surface area contributed by atoms with Gasteiger partial charge in [-0.1, -0.05) is 61.4 Å². The largest absolute Gasteiger partial charge is 0.437 e. The van der Waals surface area contributed by atoms with Crippen LogP contribution in [0.5, 0.6) is 0 Å². The molecule has 0 heterocycles. The summed E-state index contributed by atoms with van der Waals surface area (Å²) in [6, 6.07) is 20.7. The molecular weight excluding hydrogens is 629 g/mol. The Morgan fingerprint density at radius 1 is 0.465 bits per heavy atom. The van der Waals surface area contributed by atoms with Crippen LogP contribution in [0.3, 0.4) is 0 Å².